The molecule has 0 aliphatic carbocycles. The van der Waals surface area contributed by atoms with Crippen molar-refractivity contribution >= 4 is 0 Å². The van der Waals surface area contributed by atoms with Crippen LogP contribution >= 0.6 is 0 Å². The third-order valence-electron chi connectivity index (χ3n) is 5.07. The molecule has 4 fully saturated rings. The maximum absolute atomic E-state index is 5.76. The highest BCUT2D eigenvalue weighted by Crippen LogP contribution is 2.32. The van der Waals surface area contributed by atoms with Gasteiger partial charge in [0.1, 0.15) is 0 Å². The Hall–Kier alpha value is -0.120. The molecule has 0 saturated carbocycles. The van der Waals surface area contributed by atoms with Crippen molar-refractivity contribution in [2.75, 3.05) is 39.3 Å². The first-order valence-corrected chi connectivity index (χ1v) is 7.03. The van der Waals surface area contributed by atoms with Crippen LogP contribution in [0.4, 0.5) is 0 Å². The van der Waals surface area contributed by atoms with E-state index in [1.165, 1.54) is 58.4 Å². The van der Waals surface area contributed by atoms with Gasteiger partial charge < -0.3 is 10.6 Å². The number of likely N-dealkylation sites (tertiary alicyclic amines) is 1. The molecule has 4 saturated heterocycles. The van der Waals surface area contributed by atoms with E-state index in [9.17, 15) is 0 Å². The molecule has 4 aliphatic rings. The molecule has 0 aromatic carbocycles. The minimum absolute atomic E-state index is 0.803. The largest absolute Gasteiger partial charge is 0.330 e. The Morgan fingerprint density at radius 3 is 2.12 bits per heavy atom. The van der Waals surface area contributed by atoms with E-state index in [-0.39, 0.29) is 0 Å². The summed E-state index contributed by atoms with van der Waals surface area (Å²) in [7, 11) is 0. The number of nitrogens with zero attached hydrogens (tertiary/aromatic N) is 2. The second-order valence-corrected chi connectivity index (χ2v) is 5.92. The molecular weight excluding hydrogens is 198 g/mol. The summed E-state index contributed by atoms with van der Waals surface area (Å²) in [6, 6.07) is 0.876. The topological polar surface area (TPSA) is 32.5 Å². The molecule has 1 atom stereocenters. The van der Waals surface area contributed by atoms with Gasteiger partial charge in [-0.1, -0.05) is 0 Å². The van der Waals surface area contributed by atoms with Crippen molar-refractivity contribution in [3.05, 3.63) is 0 Å². The molecule has 2 bridgehead atoms. The van der Waals surface area contributed by atoms with Gasteiger partial charge in [0.05, 0.1) is 0 Å². The molecular formula is C13H25N3. The van der Waals surface area contributed by atoms with E-state index < -0.39 is 0 Å². The fourth-order valence-electron chi connectivity index (χ4n) is 3.87. The number of piperidine rings is 4. The zero-order valence-corrected chi connectivity index (χ0v) is 10.3. The van der Waals surface area contributed by atoms with Crippen LogP contribution in [0.2, 0.25) is 0 Å². The predicted octanol–water partition coefficient (Wildman–Crippen LogP) is 0.751. The monoisotopic (exact) mass is 223 g/mol. The summed E-state index contributed by atoms with van der Waals surface area (Å²) < 4.78 is 0. The molecule has 1 unspecified atom stereocenters. The lowest BCUT2D eigenvalue weighted by Crippen LogP contribution is -2.58. The fraction of sp³-hybridized carbons (Fsp3) is 1.00. The van der Waals surface area contributed by atoms with E-state index in [0.29, 0.717) is 0 Å². The summed E-state index contributed by atoms with van der Waals surface area (Å²) in [6.45, 7) is 7.57. The van der Waals surface area contributed by atoms with Gasteiger partial charge in [-0.2, -0.15) is 0 Å². The van der Waals surface area contributed by atoms with Crippen LogP contribution in [-0.4, -0.2) is 55.1 Å². The van der Waals surface area contributed by atoms with Gasteiger partial charge in [0.25, 0.3) is 0 Å². The summed E-state index contributed by atoms with van der Waals surface area (Å²) in [5, 5.41) is 0. The average molecular weight is 223 g/mol. The fourth-order valence-corrected chi connectivity index (χ4v) is 3.87. The molecule has 0 spiro atoms. The van der Waals surface area contributed by atoms with E-state index in [2.05, 4.69) is 9.80 Å². The lowest BCUT2D eigenvalue weighted by Gasteiger charge is -2.50. The highest BCUT2D eigenvalue weighted by atomic mass is 15.3. The molecule has 92 valence electrons. The number of nitrogens with two attached hydrogens (primary N) is 1. The summed E-state index contributed by atoms with van der Waals surface area (Å²) in [6.07, 6.45) is 5.56. The standard InChI is InChI=1S/C13H25N3/c14-9-11-1-7-16(8-2-11)13-10-15-5-3-12(13)4-6-15/h11-13H,1-10,14H2. The molecule has 16 heavy (non-hydrogen) atoms. The molecule has 4 aliphatic heterocycles. The molecule has 4 heterocycles. The molecule has 0 amide bonds. The van der Waals surface area contributed by atoms with Crippen molar-refractivity contribution < 1.29 is 0 Å². The summed E-state index contributed by atoms with van der Waals surface area (Å²) in [5.41, 5.74) is 5.76. The van der Waals surface area contributed by atoms with Crippen molar-refractivity contribution in [3.8, 4) is 0 Å². The van der Waals surface area contributed by atoms with Crippen LogP contribution in [-0.2, 0) is 0 Å². The van der Waals surface area contributed by atoms with E-state index in [4.69, 9.17) is 5.73 Å². The van der Waals surface area contributed by atoms with Gasteiger partial charge in [0.2, 0.25) is 0 Å². The minimum atomic E-state index is 0.803. The van der Waals surface area contributed by atoms with Crippen molar-refractivity contribution in [1.29, 1.82) is 0 Å². The summed E-state index contributed by atoms with van der Waals surface area (Å²) in [5.74, 6) is 1.80. The molecule has 0 aromatic rings. The van der Waals surface area contributed by atoms with E-state index in [1.54, 1.807) is 0 Å². The van der Waals surface area contributed by atoms with Gasteiger partial charge in [-0.15, -0.1) is 0 Å². The Bertz CT molecular complexity index is 227. The lowest BCUT2D eigenvalue weighted by atomic mass is 9.82. The summed E-state index contributed by atoms with van der Waals surface area (Å²) >= 11 is 0. The highest BCUT2D eigenvalue weighted by Gasteiger charge is 2.38. The quantitative estimate of drug-likeness (QED) is 0.750. The molecule has 0 aromatic heterocycles. The van der Waals surface area contributed by atoms with Gasteiger partial charge >= 0.3 is 0 Å². The number of hydrogen-bond donors (Lipinski definition) is 1. The van der Waals surface area contributed by atoms with Crippen LogP contribution in [0.1, 0.15) is 25.7 Å². The third kappa shape index (κ3) is 2.01. The second-order valence-electron chi connectivity index (χ2n) is 5.92. The zero-order chi connectivity index (χ0) is 11.0. The van der Waals surface area contributed by atoms with Crippen LogP contribution in [0.15, 0.2) is 0 Å². The third-order valence-corrected chi connectivity index (χ3v) is 5.07. The maximum atomic E-state index is 5.76. The average Bonchev–Trinajstić information content (AvgIpc) is 2.40. The molecule has 4 rings (SSSR count). The maximum Gasteiger partial charge on any atom is 0.0252 e. The molecule has 2 N–H and O–H groups in total. The smallest absolute Gasteiger partial charge is 0.0252 e. The highest BCUT2D eigenvalue weighted by molar-refractivity contribution is 4.93. The van der Waals surface area contributed by atoms with E-state index >= 15 is 0 Å². The van der Waals surface area contributed by atoms with Crippen LogP contribution in [0, 0.1) is 11.8 Å². The van der Waals surface area contributed by atoms with Crippen molar-refractivity contribution in [1.82, 2.24) is 9.80 Å². The van der Waals surface area contributed by atoms with Crippen LogP contribution < -0.4 is 5.73 Å². The van der Waals surface area contributed by atoms with Crippen LogP contribution in [0.5, 0.6) is 0 Å². The Morgan fingerprint density at radius 2 is 1.62 bits per heavy atom. The zero-order valence-electron chi connectivity index (χ0n) is 10.3. The summed E-state index contributed by atoms with van der Waals surface area (Å²) in [4.78, 5) is 5.43. The Balaban J connectivity index is 1.58. The SMILES string of the molecule is NCC1CCN(C2CN3CCC2CC3)CC1. The van der Waals surface area contributed by atoms with Gasteiger partial charge in [-0.3, -0.25) is 4.90 Å². The van der Waals surface area contributed by atoms with E-state index in [0.717, 1.165) is 24.4 Å². The lowest BCUT2D eigenvalue weighted by molar-refractivity contribution is -0.00818. The van der Waals surface area contributed by atoms with Crippen molar-refractivity contribution in [2.24, 2.45) is 17.6 Å². The number of rotatable bonds is 2. The van der Waals surface area contributed by atoms with Gasteiger partial charge in [0.15, 0.2) is 0 Å². The van der Waals surface area contributed by atoms with Gasteiger partial charge in [0, 0.05) is 12.6 Å². The Labute approximate surface area is 99.0 Å². The first-order valence-electron chi connectivity index (χ1n) is 7.03. The number of fused-ring (bicyclic) bond motifs is 3. The molecule has 3 nitrogen and oxygen atoms in total. The normalized spacial score (nSPS) is 41.4. The van der Waals surface area contributed by atoms with E-state index in [1.807, 2.05) is 0 Å². The minimum Gasteiger partial charge on any atom is -0.330 e. The van der Waals surface area contributed by atoms with Crippen molar-refractivity contribution in [3.63, 3.8) is 0 Å². The first-order chi connectivity index (χ1) is 7.86. The first kappa shape index (κ1) is 11.0. The van der Waals surface area contributed by atoms with Crippen LogP contribution in [0.3, 0.4) is 0 Å². The van der Waals surface area contributed by atoms with Gasteiger partial charge in [-0.05, 0) is 70.2 Å². The Kier molecular flexibility index (Phi) is 3.18. The van der Waals surface area contributed by atoms with Gasteiger partial charge in [-0.25, -0.2) is 0 Å². The predicted molar refractivity (Wildman–Crippen MR) is 66.3 cm³/mol. The molecule has 0 radical (unpaired) electrons. The number of hydrogen-bond acceptors (Lipinski definition) is 3. The second kappa shape index (κ2) is 4.63. The molecule has 3 heteroatoms. The van der Waals surface area contributed by atoms with Crippen molar-refractivity contribution in [2.45, 2.75) is 31.7 Å². The Morgan fingerprint density at radius 1 is 0.938 bits per heavy atom. The van der Waals surface area contributed by atoms with Crippen LogP contribution in [0.25, 0.3) is 0 Å².